The van der Waals surface area contributed by atoms with Crippen LogP contribution in [0.5, 0.6) is 0 Å². The summed E-state index contributed by atoms with van der Waals surface area (Å²) in [6.07, 6.45) is 5.63. The summed E-state index contributed by atoms with van der Waals surface area (Å²) < 4.78 is 0. The van der Waals surface area contributed by atoms with E-state index in [1.807, 2.05) is 12.3 Å². The summed E-state index contributed by atoms with van der Waals surface area (Å²) in [7, 11) is 0. The molecule has 0 bridgehead atoms. The molecule has 1 aliphatic rings. The highest BCUT2D eigenvalue weighted by Crippen LogP contribution is 2.21. The van der Waals surface area contributed by atoms with E-state index in [9.17, 15) is 0 Å². The van der Waals surface area contributed by atoms with Gasteiger partial charge in [0.2, 0.25) is 0 Å². The van der Waals surface area contributed by atoms with E-state index in [0.29, 0.717) is 6.04 Å². The molecule has 0 aromatic carbocycles. The van der Waals surface area contributed by atoms with Crippen molar-refractivity contribution >= 4 is 0 Å². The van der Waals surface area contributed by atoms with Gasteiger partial charge in [-0.15, -0.1) is 0 Å². The molecule has 0 spiro atoms. The van der Waals surface area contributed by atoms with Crippen LogP contribution in [0.25, 0.3) is 0 Å². The molecule has 2 rings (SSSR count). The van der Waals surface area contributed by atoms with Crippen molar-refractivity contribution in [2.24, 2.45) is 0 Å². The normalized spacial score (nSPS) is 22.2. The predicted octanol–water partition coefficient (Wildman–Crippen LogP) is 1.39. The van der Waals surface area contributed by atoms with Gasteiger partial charge >= 0.3 is 0 Å². The topological polar surface area (TPSA) is 45.1 Å². The van der Waals surface area contributed by atoms with Gasteiger partial charge in [0.05, 0.1) is 12.3 Å². The van der Waals surface area contributed by atoms with Gasteiger partial charge in [0.15, 0.2) is 0 Å². The standard InChI is InChI=1S/C11H16N2O/c14-8-10-5-4-9(7-13-10)11-3-1-2-6-12-11/h4-5,7,11-12,14H,1-3,6,8H2. The Morgan fingerprint density at radius 1 is 1.43 bits per heavy atom. The molecule has 1 atom stereocenters. The maximum atomic E-state index is 8.86. The van der Waals surface area contributed by atoms with Crippen molar-refractivity contribution in [3.05, 3.63) is 29.6 Å². The summed E-state index contributed by atoms with van der Waals surface area (Å²) in [4.78, 5) is 4.18. The largest absolute Gasteiger partial charge is 0.390 e. The minimum atomic E-state index is 0.0262. The van der Waals surface area contributed by atoms with Gasteiger partial charge in [0.1, 0.15) is 0 Å². The molecule has 1 aromatic rings. The average Bonchev–Trinajstić information content (AvgIpc) is 2.30. The number of hydrogen-bond donors (Lipinski definition) is 2. The van der Waals surface area contributed by atoms with E-state index in [0.717, 1.165) is 12.2 Å². The van der Waals surface area contributed by atoms with Crippen molar-refractivity contribution in [3.63, 3.8) is 0 Å². The molecule has 3 nitrogen and oxygen atoms in total. The monoisotopic (exact) mass is 192 g/mol. The first kappa shape index (κ1) is 9.62. The van der Waals surface area contributed by atoms with Crippen LogP contribution in [0.2, 0.25) is 0 Å². The van der Waals surface area contributed by atoms with Crippen LogP contribution in [0.1, 0.15) is 36.6 Å². The van der Waals surface area contributed by atoms with Crippen LogP contribution in [0.4, 0.5) is 0 Å². The first-order valence-corrected chi connectivity index (χ1v) is 5.19. The first-order chi connectivity index (χ1) is 6.90. The SMILES string of the molecule is OCc1ccc(C2CCCCN2)cn1. The molecule has 1 aliphatic heterocycles. The number of nitrogens with zero attached hydrogens (tertiary/aromatic N) is 1. The molecule has 1 saturated heterocycles. The van der Waals surface area contributed by atoms with Gasteiger partial charge in [-0.05, 0) is 31.0 Å². The summed E-state index contributed by atoms with van der Waals surface area (Å²) in [5, 5.41) is 12.3. The number of pyridine rings is 1. The molecule has 76 valence electrons. The second-order valence-corrected chi connectivity index (χ2v) is 3.74. The molecule has 14 heavy (non-hydrogen) atoms. The average molecular weight is 192 g/mol. The highest BCUT2D eigenvalue weighted by molar-refractivity contribution is 5.17. The van der Waals surface area contributed by atoms with Crippen LogP contribution in [-0.4, -0.2) is 16.6 Å². The Kier molecular flexibility index (Phi) is 3.11. The molecular weight excluding hydrogens is 176 g/mol. The van der Waals surface area contributed by atoms with Crippen LogP contribution in [0.15, 0.2) is 18.3 Å². The van der Waals surface area contributed by atoms with Crippen LogP contribution >= 0.6 is 0 Å². The molecule has 1 aromatic heterocycles. The molecule has 1 fully saturated rings. The Bertz CT molecular complexity index is 278. The van der Waals surface area contributed by atoms with Crippen molar-refractivity contribution in [1.82, 2.24) is 10.3 Å². The number of aliphatic hydroxyl groups is 1. The van der Waals surface area contributed by atoms with Crippen molar-refractivity contribution in [2.45, 2.75) is 31.9 Å². The lowest BCUT2D eigenvalue weighted by Crippen LogP contribution is -2.26. The Labute approximate surface area is 84.2 Å². The maximum absolute atomic E-state index is 8.86. The Morgan fingerprint density at radius 3 is 2.93 bits per heavy atom. The zero-order valence-corrected chi connectivity index (χ0v) is 8.24. The number of nitrogens with one attached hydrogen (secondary N) is 1. The van der Waals surface area contributed by atoms with Gasteiger partial charge in [-0.1, -0.05) is 12.5 Å². The minimum absolute atomic E-state index is 0.0262. The summed E-state index contributed by atoms with van der Waals surface area (Å²) >= 11 is 0. The van der Waals surface area contributed by atoms with Crippen LogP contribution in [0.3, 0.4) is 0 Å². The van der Waals surface area contributed by atoms with E-state index in [-0.39, 0.29) is 6.61 Å². The van der Waals surface area contributed by atoms with E-state index in [4.69, 9.17) is 5.11 Å². The molecule has 2 heterocycles. The molecule has 0 aliphatic carbocycles. The van der Waals surface area contributed by atoms with Crippen LogP contribution < -0.4 is 5.32 Å². The number of rotatable bonds is 2. The minimum Gasteiger partial charge on any atom is -0.390 e. The number of aliphatic hydroxyl groups excluding tert-OH is 1. The second-order valence-electron chi connectivity index (χ2n) is 3.74. The molecule has 0 radical (unpaired) electrons. The van der Waals surface area contributed by atoms with E-state index in [1.165, 1.54) is 24.8 Å². The fourth-order valence-corrected chi connectivity index (χ4v) is 1.87. The lowest BCUT2D eigenvalue weighted by atomic mass is 9.99. The van der Waals surface area contributed by atoms with Crippen molar-refractivity contribution in [2.75, 3.05) is 6.54 Å². The molecule has 2 N–H and O–H groups in total. The Morgan fingerprint density at radius 2 is 2.36 bits per heavy atom. The lowest BCUT2D eigenvalue weighted by molar-refractivity contribution is 0.276. The van der Waals surface area contributed by atoms with Crippen molar-refractivity contribution in [1.29, 1.82) is 0 Å². The van der Waals surface area contributed by atoms with Crippen LogP contribution in [-0.2, 0) is 6.61 Å². The van der Waals surface area contributed by atoms with E-state index in [2.05, 4.69) is 16.4 Å². The summed E-state index contributed by atoms with van der Waals surface area (Å²) in [5.41, 5.74) is 1.98. The summed E-state index contributed by atoms with van der Waals surface area (Å²) in [5.74, 6) is 0. The highest BCUT2D eigenvalue weighted by Gasteiger charge is 2.14. The Hall–Kier alpha value is -0.930. The van der Waals surface area contributed by atoms with Crippen molar-refractivity contribution < 1.29 is 5.11 Å². The van der Waals surface area contributed by atoms with Gasteiger partial charge in [-0.3, -0.25) is 4.98 Å². The summed E-state index contributed by atoms with van der Waals surface area (Å²) in [6.45, 7) is 1.13. The molecular formula is C11H16N2O. The van der Waals surface area contributed by atoms with E-state index >= 15 is 0 Å². The van der Waals surface area contributed by atoms with Gasteiger partial charge in [0.25, 0.3) is 0 Å². The maximum Gasteiger partial charge on any atom is 0.0852 e. The fourth-order valence-electron chi connectivity index (χ4n) is 1.87. The van der Waals surface area contributed by atoms with Crippen molar-refractivity contribution in [3.8, 4) is 0 Å². The zero-order valence-electron chi connectivity index (χ0n) is 8.24. The quantitative estimate of drug-likeness (QED) is 0.744. The number of piperidine rings is 1. The Balaban J connectivity index is 2.07. The third-order valence-corrected chi connectivity index (χ3v) is 2.72. The van der Waals surface area contributed by atoms with Gasteiger partial charge in [-0.2, -0.15) is 0 Å². The molecule has 1 unspecified atom stereocenters. The molecule has 0 amide bonds. The lowest BCUT2D eigenvalue weighted by Gasteiger charge is -2.23. The second kappa shape index (κ2) is 4.53. The predicted molar refractivity (Wildman–Crippen MR) is 54.8 cm³/mol. The fraction of sp³-hybridized carbons (Fsp3) is 0.545. The highest BCUT2D eigenvalue weighted by atomic mass is 16.3. The first-order valence-electron chi connectivity index (χ1n) is 5.19. The molecule has 0 saturated carbocycles. The van der Waals surface area contributed by atoms with Gasteiger partial charge in [-0.25, -0.2) is 0 Å². The number of hydrogen-bond acceptors (Lipinski definition) is 3. The van der Waals surface area contributed by atoms with E-state index < -0.39 is 0 Å². The smallest absolute Gasteiger partial charge is 0.0852 e. The van der Waals surface area contributed by atoms with Gasteiger partial charge < -0.3 is 10.4 Å². The zero-order chi connectivity index (χ0) is 9.80. The third kappa shape index (κ3) is 2.11. The van der Waals surface area contributed by atoms with E-state index in [1.54, 1.807) is 0 Å². The number of aromatic nitrogens is 1. The van der Waals surface area contributed by atoms with Crippen LogP contribution in [0, 0.1) is 0 Å². The molecule has 3 heteroatoms. The van der Waals surface area contributed by atoms with Gasteiger partial charge in [0, 0.05) is 12.2 Å². The third-order valence-electron chi connectivity index (χ3n) is 2.72. The summed E-state index contributed by atoms with van der Waals surface area (Å²) in [6, 6.07) is 4.41.